The Morgan fingerprint density at radius 1 is 0.966 bits per heavy atom. The summed E-state index contributed by atoms with van der Waals surface area (Å²) in [7, 11) is 4.96. The smallest absolute Gasteiger partial charge is 0.207 e. The number of rotatable bonds is 6. The van der Waals surface area contributed by atoms with Gasteiger partial charge in [0.05, 0.1) is 33.1 Å². The van der Waals surface area contributed by atoms with Gasteiger partial charge in [-0.25, -0.2) is 9.99 Å². The van der Waals surface area contributed by atoms with Gasteiger partial charge in [0.2, 0.25) is 5.13 Å². The van der Waals surface area contributed by atoms with Gasteiger partial charge >= 0.3 is 0 Å². The van der Waals surface area contributed by atoms with E-state index in [0.717, 1.165) is 45.6 Å². The van der Waals surface area contributed by atoms with Crippen molar-refractivity contribution in [3.8, 4) is 28.5 Å². The molecule has 1 atom stereocenters. The minimum absolute atomic E-state index is 0.0738. The van der Waals surface area contributed by atoms with Crippen molar-refractivity contribution in [1.29, 1.82) is 0 Å². The Morgan fingerprint density at radius 3 is 2.41 bits per heavy atom. The van der Waals surface area contributed by atoms with Crippen LogP contribution < -0.4 is 19.2 Å². The third-order valence-corrected chi connectivity index (χ3v) is 5.76. The van der Waals surface area contributed by atoms with Crippen LogP contribution in [0.5, 0.6) is 17.2 Å². The standard InChI is InChI=1S/C22H23N3O3S/c1-14-11-19(16-7-10-20(27-3)21(12-16)28-4)25(24-14)22-23-18(13-29-22)15-5-8-17(26-2)9-6-15/h5-10,12-13,19H,11H2,1-4H3/t19-/m1/s1. The van der Waals surface area contributed by atoms with E-state index in [1.807, 2.05) is 48.3 Å². The maximum absolute atomic E-state index is 5.48. The highest BCUT2D eigenvalue weighted by Crippen LogP contribution is 2.40. The van der Waals surface area contributed by atoms with Crippen LogP contribution in [0, 0.1) is 0 Å². The van der Waals surface area contributed by atoms with Gasteiger partial charge in [-0.2, -0.15) is 5.10 Å². The van der Waals surface area contributed by atoms with Crippen LogP contribution in [0.25, 0.3) is 11.3 Å². The predicted octanol–water partition coefficient (Wildman–Crippen LogP) is 5.16. The van der Waals surface area contributed by atoms with Crippen LogP contribution >= 0.6 is 11.3 Å². The van der Waals surface area contributed by atoms with E-state index < -0.39 is 0 Å². The fourth-order valence-corrected chi connectivity index (χ4v) is 4.25. The molecular weight excluding hydrogens is 386 g/mol. The lowest BCUT2D eigenvalue weighted by molar-refractivity contribution is 0.354. The minimum atomic E-state index is 0.0738. The zero-order chi connectivity index (χ0) is 20.4. The molecule has 0 unspecified atom stereocenters. The first-order chi connectivity index (χ1) is 14.1. The van der Waals surface area contributed by atoms with E-state index >= 15 is 0 Å². The molecule has 1 aliphatic rings. The first-order valence-electron chi connectivity index (χ1n) is 9.28. The molecule has 6 nitrogen and oxygen atoms in total. The van der Waals surface area contributed by atoms with E-state index in [-0.39, 0.29) is 6.04 Å². The van der Waals surface area contributed by atoms with E-state index in [4.69, 9.17) is 24.3 Å². The fraction of sp³-hybridized carbons (Fsp3) is 0.273. The van der Waals surface area contributed by atoms with Crippen LogP contribution in [0.3, 0.4) is 0 Å². The molecule has 0 saturated carbocycles. The second kappa shape index (κ2) is 8.13. The highest BCUT2D eigenvalue weighted by atomic mass is 32.1. The Kier molecular flexibility index (Phi) is 5.40. The Morgan fingerprint density at radius 2 is 1.72 bits per heavy atom. The largest absolute Gasteiger partial charge is 0.497 e. The second-order valence-electron chi connectivity index (χ2n) is 6.76. The van der Waals surface area contributed by atoms with Crippen LogP contribution in [0.1, 0.15) is 24.9 Å². The Bertz CT molecular complexity index is 1030. The fourth-order valence-electron chi connectivity index (χ4n) is 3.42. The van der Waals surface area contributed by atoms with Gasteiger partial charge in [0.25, 0.3) is 0 Å². The third-order valence-electron chi connectivity index (χ3n) is 4.93. The highest BCUT2D eigenvalue weighted by molar-refractivity contribution is 7.14. The van der Waals surface area contributed by atoms with Crippen LogP contribution in [-0.4, -0.2) is 32.0 Å². The summed E-state index contributed by atoms with van der Waals surface area (Å²) in [4.78, 5) is 4.85. The number of hydrazone groups is 1. The lowest BCUT2D eigenvalue weighted by atomic mass is 10.0. The first-order valence-corrected chi connectivity index (χ1v) is 10.2. The van der Waals surface area contributed by atoms with Crippen molar-refractivity contribution in [2.75, 3.05) is 26.3 Å². The first kappa shape index (κ1) is 19.3. The number of hydrogen-bond acceptors (Lipinski definition) is 7. The number of anilines is 1. The van der Waals surface area contributed by atoms with E-state index in [1.54, 1.807) is 32.7 Å². The molecule has 0 radical (unpaired) electrons. The maximum Gasteiger partial charge on any atom is 0.207 e. The molecule has 3 aromatic rings. The molecule has 0 amide bonds. The van der Waals surface area contributed by atoms with E-state index in [1.165, 1.54) is 0 Å². The predicted molar refractivity (Wildman–Crippen MR) is 117 cm³/mol. The molecule has 7 heteroatoms. The molecule has 0 N–H and O–H groups in total. The molecule has 0 bridgehead atoms. The van der Waals surface area contributed by atoms with Crippen molar-refractivity contribution in [3.05, 3.63) is 53.4 Å². The minimum Gasteiger partial charge on any atom is -0.497 e. The monoisotopic (exact) mass is 409 g/mol. The van der Waals surface area contributed by atoms with E-state index in [0.29, 0.717) is 5.75 Å². The van der Waals surface area contributed by atoms with Crippen molar-refractivity contribution in [2.24, 2.45) is 5.10 Å². The van der Waals surface area contributed by atoms with Crippen molar-refractivity contribution in [3.63, 3.8) is 0 Å². The number of ether oxygens (including phenoxy) is 3. The Balaban J connectivity index is 1.64. The molecular formula is C22H23N3O3S. The van der Waals surface area contributed by atoms with Crippen LogP contribution in [0.4, 0.5) is 5.13 Å². The quantitative estimate of drug-likeness (QED) is 0.563. The number of thiazole rings is 1. The molecule has 0 saturated heterocycles. The van der Waals surface area contributed by atoms with Gasteiger partial charge in [0.15, 0.2) is 11.5 Å². The van der Waals surface area contributed by atoms with Crippen molar-refractivity contribution in [1.82, 2.24) is 4.98 Å². The molecule has 0 fully saturated rings. The molecule has 0 spiro atoms. The number of nitrogens with zero attached hydrogens (tertiary/aromatic N) is 3. The zero-order valence-corrected chi connectivity index (χ0v) is 17.7. The molecule has 0 aliphatic carbocycles. The Hall–Kier alpha value is -3.06. The van der Waals surface area contributed by atoms with Gasteiger partial charge in [0, 0.05) is 23.1 Å². The maximum atomic E-state index is 5.48. The highest BCUT2D eigenvalue weighted by Gasteiger charge is 2.30. The van der Waals surface area contributed by atoms with Gasteiger partial charge in [0.1, 0.15) is 5.75 Å². The average Bonchev–Trinajstić information content (AvgIpc) is 3.40. The van der Waals surface area contributed by atoms with Crippen LogP contribution in [0.15, 0.2) is 52.9 Å². The van der Waals surface area contributed by atoms with Crippen LogP contribution in [-0.2, 0) is 0 Å². The van der Waals surface area contributed by atoms with Gasteiger partial charge in [-0.3, -0.25) is 0 Å². The molecule has 1 aliphatic heterocycles. The van der Waals surface area contributed by atoms with Crippen LogP contribution in [0.2, 0.25) is 0 Å². The summed E-state index contributed by atoms with van der Waals surface area (Å²) in [5.41, 5.74) is 4.17. The second-order valence-corrected chi connectivity index (χ2v) is 7.59. The summed E-state index contributed by atoms with van der Waals surface area (Å²) in [6.45, 7) is 2.05. The normalized spacial score (nSPS) is 15.9. The molecule has 4 rings (SSSR count). The van der Waals surface area contributed by atoms with Crippen molar-refractivity contribution >= 4 is 22.2 Å². The summed E-state index contributed by atoms with van der Waals surface area (Å²) < 4.78 is 16.1. The number of hydrogen-bond donors (Lipinski definition) is 0. The van der Waals surface area contributed by atoms with Crippen molar-refractivity contribution in [2.45, 2.75) is 19.4 Å². The summed E-state index contributed by atoms with van der Waals surface area (Å²) in [6.07, 6.45) is 0.840. The van der Waals surface area contributed by atoms with Gasteiger partial charge in [-0.1, -0.05) is 6.07 Å². The zero-order valence-electron chi connectivity index (χ0n) is 16.9. The summed E-state index contributed by atoms with van der Waals surface area (Å²) in [6, 6.07) is 14.0. The van der Waals surface area contributed by atoms with E-state index in [9.17, 15) is 0 Å². The van der Waals surface area contributed by atoms with Crippen molar-refractivity contribution < 1.29 is 14.2 Å². The summed E-state index contributed by atoms with van der Waals surface area (Å²) >= 11 is 1.59. The molecule has 29 heavy (non-hydrogen) atoms. The lowest BCUT2D eigenvalue weighted by Crippen LogP contribution is -2.18. The van der Waals surface area contributed by atoms with Gasteiger partial charge in [-0.15, -0.1) is 11.3 Å². The van der Waals surface area contributed by atoms with E-state index in [2.05, 4.69) is 11.4 Å². The number of methoxy groups -OCH3 is 3. The summed E-state index contributed by atoms with van der Waals surface area (Å²) in [5.74, 6) is 2.26. The number of aromatic nitrogens is 1. The molecule has 1 aromatic heterocycles. The average molecular weight is 410 g/mol. The lowest BCUT2D eigenvalue weighted by Gasteiger charge is -2.22. The summed E-state index contributed by atoms with van der Waals surface area (Å²) in [5, 5.41) is 9.69. The van der Waals surface area contributed by atoms with Gasteiger partial charge < -0.3 is 14.2 Å². The number of benzene rings is 2. The third kappa shape index (κ3) is 3.78. The molecule has 2 aromatic carbocycles. The topological polar surface area (TPSA) is 56.2 Å². The van der Waals surface area contributed by atoms with Gasteiger partial charge in [-0.05, 0) is 48.9 Å². The Labute approximate surface area is 174 Å². The SMILES string of the molecule is COc1ccc(-c2csc(N3N=C(C)C[C@@H]3c3ccc(OC)c(OC)c3)n2)cc1. The molecule has 150 valence electrons. The molecule has 2 heterocycles.